The Hall–Kier alpha value is 0.230. The SMILES string of the molecule is CCCC1CC(CN)(N2CCSCC2C)CCO1. The molecular weight excluding hydrogens is 244 g/mol. The summed E-state index contributed by atoms with van der Waals surface area (Å²) >= 11 is 2.08. The number of rotatable bonds is 4. The van der Waals surface area contributed by atoms with Crippen LogP contribution in [0.15, 0.2) is 0 Å². The Labute approximate surface area is 116 Å². The lowest BCUT2D eigenvalue weighted by atomic mass is 9.82. The van der Waals surface area contributed by atoms with Crippen molar-refractivity contribution in [2.24, 2.45) is 5.73 Å². The topological polar surface area (TPSA) is 38.5 Å². The zero-order chi connectivity index (χ0) is 13.0. The predicted octanol–water partition coefficient (Wildman–Crippen LogP) is 2.10. The third-order valence-corrected chi connectivity index (χ3v) is 5.69. The van der Waals surface area contributed by atoms with E-state index in [1.165, 1.54) is 30.9 Å². The Morgan fingerprint density at radius 1 is 1.50 bits per heavy atom. The maximum Gasteiger partial charge on any atom is 0.0593 e. The third-order valence-electron chi connectivity index (χ3n) is 4.50. The van der Waals surface area contributed by atoms with E-state index in [1.54, 1.807) is 0 Å². The van der Waals surface area contributed by atoms with Crippen molar-refractivity contribution in [2.45, 2.75) is 57.2 Å². The number of ether oxygens (including phenoxy) is 1. The molecule has 4 heteroatoms. The van der Waals surface area contributed by atoms with Crippen molar-refractivity contribution >= 4 is 11.8 Å². The molecule has 3 atom stereocenters. The van der Waals surface area contributed by atoms with Crippen molar-refractivity contribution in [1.29, 1.82) is 0 Å². The van der Waals surface area contributed by atoms with E-state index in [4.69, 9.17) is 10.5 Å². The van der Waals surface area contributed by atoms with Crippen LogP contribution in [0, 0.1) is 0 Å². The van der Waals surface area contributed by atoms with Gasteiger partial charge in [0.25, 0.3) is 0 Å². The van der Waals surface area contributed by atoms with Crippen LogP contribution in [0.1, 0.15) is 39.5 Å². The van der Waals surface area contributed by atoms with Gasteiger partial charge in [-0.2, -0.15) is 11.8 Å². The number of hydrogen-bond donors (Lipinski definition) is 1. The zero-order valence-electron chi connectivity index (χ0n) is 11.9. The molecule has 2 heterocycles. The summed E-state index contributed by atoms with van der Waals surface area (Å²) in [5.74, 6) is 2.51. The monoisotopic (exact) mass is 272 g/mol. The van der Waals surface area contributed by atoms with Crippen molar-refractivity contribution in [3.8, 4) is 0 Å². The van der Waals surface area contributed by atoms with Crippen LogP contribution in [0.4, 0.5) is 0 Å². The van der Waals surface area contributed by atoms with E-state index < -0.39 is 0 Å². The first-order valence-electron chi connectivity index (χ1n) is 7.38. The van der Waals surface area contributed by atoms with Crippen LogP contribution in [0.2, 0.25) is 0 Å². The lowest BCUT2D eigenvalue weighted by Crippen LogP contribution is -2.63. The number of nitrogens with zero attached hydrogens (tertiary/aromatic N) is 1. The van der Waals surface area contributed by atoms with Crippen LogP contribution in [0.3, 0.4) is 0 Å². The molecule has 106 valence electrons. The molecule has 3 nitrogen and oxygen atoms in total. The average molecular weight is 272 g/mol. The summed E-state index contributed by atoms with van der Waals surface area (Å²) in [6, 6.07) is 0.660. The van der Waals surface area contributed by atoms with Crippen molar-refractivity contribution in [3.63, 3.8) is 0 Å². The van der Waals surface area contributed by atoms with Gasteiger partial charge in [0.2, 0.25) is 0 Å². The Morgan fingerprint density at radius 2 is 2.33 bits per heavy atom. The van der Waals surface area contributed by atoms with E-state index in [2.05, 4.69) is 30.5 Å². The van der Waals surface area contributed by atoms with Crippen molar-refractivity contribution < 1.29 is 4.74 Å². The molecule has 0 bridgehead atoms. The first kappa shape index (κ1) is 14.6. The van der Waals surface area contributed by atoms with E-state index in [0.29, 0.717) is 12.1 Å². The van der Waals surface area contributed by atoms with Gasteiger partial charge in [-0.25, -0.2) is 0 Å². The van der Waals surface area contributed by atoms with Crippen molar-refractivity contribution in [1.82, 2.24) is 4.90 Å². The van der Waals surface area contributed by atoms with Gasteiger partial charge in [-0.05, 0) is 26.2 Å². The van der Waals surface area contributed by atoms with Crippen molar-refractivity contribution in [3.05, 3.63) is 0 Å². The van der Waals surface area contributed by atoms with Gasteiger partial charge in [0, 0.05) is 42.8 Å². The Kier molecular flexibility index (Phi) is 5.36. The molecule has 2 rings (SSSR count). The number of nitrogens with two attached hydrogens (primary N) is 1. The molecule has 2 aliphatic heterocycles. The number of thioether (sulfide) groups is 1. The smallest absolute Gasteiger partial charge is 0.0593 e. The first-order valence-corrected chi connectivity index (χ1v) is 8.53. The van der Waals surface area contributed by atoms with E-state index in [9.17, 15) is 0 Å². The molecular formula is C14H28N2OS. The van der Waals surface area contributed by atoms with Gasteiger partial charge in [0.1, 0.15) is 0 Å². The fourth-order valence-electron chi connectivity index (χ4n) is 3.50. The molecule has 0 saturated carbocycles. The average Bonchev–Trinajstić information content (AvgIpc) is 2.40. The summed E-state index contributed by atoms with van der Waals surface area (Å²) in [7, 11) is 0. The van der Waals surface area contributed by atoms with Crippen LogP contribution in [-0.2, 0) is 4.74 Å². The van der Waals surface area contributed by atoms with Crippen LogP contribution in [0.5, 0.6) is 0 Å². The minimum absolute atomic E-state index is 0.207. The summed E-state index contributed by atoms with van der Waals surface area (Å²) in [6.45, 7) is 7.46. The minimum Gasteiger partial charge on any atom is -0.378 e. The zero-order valence-corrected chi connectivity index (χ0v) is 12.7. The first-order chi connectivity index (χ1) is 8.72. The Morgan fingerprint density at radius 3 is 3.00 bits per heavy atom. The molecule has 2 N–H and O–H groups in total. The predicted molar refractivity (Wildman–Crippen MR) is 79.2 cm³/mol. The summed E-state index contributed by atoms with van der Waals surface area (Å²) < 4.78 is 5.91. The molecule has 0 radical (unpaired) electrons. The van der Waals surface area contributed by atoms with E-state index in [-0.39, 0.29) is 5.54 Å². The van der Waals surface area contributed by atoms with Gasteiger partial charge in [-0.15, -0.1) is 0 Å². The van der Waals surface area contributed by atoms with E-state index in [1.807, 2.05) is 0 Å². The minimum atomic E-state index is 0.207. The highest BCUT2D eigenvalue weighted by Gasteiger charge is 2.43. The van der Waals surface area contributed by atoms with Crippen LogP contribution >= 0.6 is 11.8 Å². The van der Waals surface area contributed by atoms with E-state index in [0.717, 1.165) is 26.0 Å². The molecule has 2 fully saturated rings. The largest absolute Gasteiger partial charge is 0.378 e. The maximum atomic E-state index is 6.19. The summed E-state index contributed by atoms with van der Waals surface area (Å²) in [5, 5.41) is 0. The van der Waals surface area contributed by atoms with Crippen LogP contribution in [0.25, 0.3) is 0 Å². The molecule has 0 aromatic heterocycles. The molecule has 0 spiro atoms. The van der Waals surface area contributed by atoms with Gasteiger partial charge in [-0.1, -0.05) is 13.3 Å². The fourth-order valence-corrected chi connectivity index (χ4v) is 4.52. The van der Waals surface area contributed by atoms with Crippen LogP contribution < -0.4 is 5.73 Å². The van der Waals surface area contributed by atoms with Gasteiger partial charge in [0.15, 0.2) is 0 Å². The van der Waals surface area contributed by atoms with Crippen LogP contribution in [-0.4, -0.2) is 53.8 Å². The Balaban J connectivity index is 2.08. The molecule has 0 aromatic rings. The molecule has 2 aliphatic rings. The third kappa shape index (κ3) is 3.03. The van der Waals surface area contributed by atoms with E-state index >= 15 is 0 Å². The van der Waals surface area contributed by atoms with Crippen molar-refractivity contribution in [2.75, 3.05) is 31.2 Å². The maximum absolute atomic E-state index is 6.19. The summed E-state index contributed by atoms with van der Waals surface area (Å²) in [5.41, 5.74) is 6.39. The Bertz CT molecular complexity index is 262. The molecule has 0 aromatic carbocycles. The van der Waals surface area contributed by atoms with Gasteiger partial charge in [0.05, 0.1) is 6.10 Å². The summed E-state index contributed by atoms with van der Waals surface area (Å²) in [6.07, 6.45) is 5.05. The summed E-state index contributed by atoms with van der Waals surface area (Å²) in [4.78, 5) is 2.69. The second-order valence-corrected chi connectivity index (χ2v) is 6.93. The second kappa shape index (κ2) is 6.60. The molecule has 0 amide bonds. The molecule has 18 heavy (non-hydrogen) atoms. The standard InChI is InChI=1S/C14H28N2OS/c1-3-4-13-9-14(11-15,5-7-17-13)16-6-8-18-10-12(16)2/h12-13H,3-11,15H2,1-2H3. The fraction of sp³-hybridized carbons (Fsp3) is 1.00. The number of hydrogen-bond acceptors (Lipinski definition) is 4. The van der Waals surface area contributed by atoms with Gasteiger partial charge in [-0.3, -0.25) is 4.90 Å². The molecule has 3 unspecified atom stereocenters. The van der Waals surface area contributed by atoms with Gasteiger partial charge < -0.3 is 10.5 Å². The quantitative estimate of drug-likeness (QED) is 0.850. The normalized spacial score (nSPS) is 38.8. The highest BCUT2D eigenvalue weighted by atomic mass is 32.2. The second-order valence-electron chi connectivity index (χ2n) is 5.78. The van der Waals surface area contributed by atoms with Gasteiger partial charge >= 0.3 is 0 Å². The molecule has 0 aliphatic carbocycles. The highest BCUT2D eigenvalue weighted by molar-refractivity contribution is 7.99. The lowest BCUT2D eigenvalue weighted by Gasteiger charge is -2.52. The molecule has 2 saturated heterocycles. The highest BCUT2D eigenvalue weighted by Crippen LogP contribution is 2.35. The lowest BCUT2D eigenvalue weighted by molar-refractivity contribution is -0.0811.